The first-order valence-electron chi connectivity index (χ1n) is 6.82. The van der Waals surface area contributed by atoms with Crippen LogP contribution in [0.1, 0.15) is 16.1 Å². The maximum atomic E-state index is 12.0. The van der Waals surface area contributed by atoms with Crippen molar-refractivity contribution >= 4 is 5.91 Å². The van der Waals surface area contributed by atoms with Crippen LogP contribution in [0.15, 0.2) is 36.8 Å². The van der Waals surface area contributed by atoms with Crippen LogP contribution in [0.3, 0.4) is 0 Å². The second-order valence-corrected chi connectivity index (χ2v) is 5.17. The van der Waals surface area contributed by atoms with Crippen LogP contribution in [-0.4, -0.2) is 56.3 Å². The molecule has 21 heavy (non-hydrogen) atoms. The van der Waals surface area contributed by atoms with Gasteiger partial charge in [-0.15, -0.1) is 0 Å². The minimum Gasteiger partial charge on any atom is -0.390 e. The van der Waals surface area contributed by atoms with Crippen molar-refractivity contribution in [3.63, 3.8) is 0 Å². The molecule has 1 aliphatic rings. The number of hydrogen-bond acceptors (Lipinski definition) is 5. The summed E-state index contributed by atoms with van der Waals surface area (Å²) in [5.74, 6) is -0.250. The molecule has 0 aliphatic carbocycles. The first-order chi connectivity index (χ1) is 10.2. The molecule has 1 fully saturated rings. The first kappa shape index (κ1) is 13.7. The number of aromatic nitrogens is 3. The normalized spacial score (nSPS) is 22.3. The Morgan fingerprint density at radius 1 is 1.43 bits per heavy atom. The summed E-state index contributed by atoms with van der Waals surface area (Å²) in [6.07, 6.45) is 4.49. The fraction of sp³-hybridized carbons (Fsp3) is 0.357. The van der Waals surface area contributed by atoms with E-state index in [0.717, 1.165) is 5.56 Å². The number of H-pyrrole nitrogens is 1. The van der Waals surface area contributed by atoms with Crippen molar-refractivity contribution in [3.05, 3.63) is 48.0 Å². The lowest BCUT2D eigenvalue weighted by Crippen LogP contribution is -2.42. The summed E-state index contributed by atoms with van der Waals surface area (Å²) in [5, 5.41) is 19.3. The van der Waals surface area contributed by atoms with E-state index in [0.29, 0.717) is 25.3 Å². The molecule has 0 saturated carbocycles. The summed E-state index contributed by atoms with van der Waals surface area (Å²) in [6, 6.07) is 5.21. The fourth-order valence-corrected chi connectivity index (χ4v) is 2.52. The minimum absolute atomic E-state index is 0.250. The van der Waals surface area contributed by atoms with Gasteiger partial charge in [-0.05, 0) is 17.7 Å². The van der Waals surface area contributed by atoms with E-state index >= 15 is 0 Å². The molecule has 1 aliphatic heterocycles. The Hall–Kier alpha value is -2.25. The highest BCUT2D eigenvalue weighted by Crippen LogP contribution is 2.14. The molecule has 0 bridgehead atoms. The summed E-state index contributed by atoms with van der Waals surface area (Å²) in [4.78, 5) is 18.1. The van der Waals surface area contributed by atoms with Gasteiger partial charge in [0.15, 0.2) is 0 Å². The first-order valence-corrected chi connectivity index (χ1v) is 6.82. The van der Waals surface area contributed by atoms with Gasteiger partial charge in [-0.3, -0.25) is 19.8 Å². The summed E-state index contributed by atoms with van der Waals surface area (Å²) in [7, 11) is 0. The van der Waals surface area contributed by atoms with Gasteiger partial charge in [-0.2, -0.15) is 5.10 Å². The molecule has 3 N–H and O–H groups in total. The topological polar surface area (TPSA) is 94.1 Å². The van der Waals surface area contributed by atoms with Gasteiger partial charge in [0.25, 0.3) is 5.91 Å². The van der Waals surface area contributed by atoms with Gasteiger partial charge in [0, 0.05) is 38.2 Å². The van der Waals surface area contributed by atoms with Gasteiger partial charge in [-0.25, -0.2) is 0 Å². The zero-order valence-electron chi connectivity index (χ0n) is 11.4. The molecule has 0 spiro atoms. The Balaban J connectivity index is 1.57. The van der Waals surface area contributed by atoms with Crippen LogP contribution < -0.4 is 5.32 Å². The maximum Gasteiger partial charge on any atom is 0.269 e. The molecule has 0 unspecified atom stereocenters. The number of hydrogen-bond donors (Lipinski definition) is 3. The minimum atomic E-state index is -0.575. The van der Waals surface area contributed by atoms with Crippen LogP contribution in [0.5, 0.6) is 0 Å². The van der Waals surface area contributed by atoms with E-state index in [2.05, 4.69) is 25.4 Å². The second-order valence-electron chi connectivity index (χ2n) is 5.17. The number of aromatic amines is 1. The molecule has 0 aromatic carbocycles. The number of likely N-dealkylation sites (tertiary alicyclic amines) is 1. The van der Waals surface area contributed by atoms with E-state index in [1.165, 1.54) is 6.20 Å². The van der Waals surface area contributed by atoms with Gasteiger partial charge >= 0.3 is 0 Å². The molecule has 7 nitrogen and oxygen atoms in total. The molecule has 2 atom stereocenters. The van der Waals surface area contributed by atoms with Gasteiger partial charge in [0.05, 0.1) is 12.1 Å². The molecule has 2 aromatic heterocycles. The number of carbonyl (C=O) groups excluding carboxylic acids is 1. The molecule has 3 rings (SSSR count). The van der Waals surface area contributed by atoms with Crippen molar-refractivity contribution < 1.29 is 9.90 Å². The molecule has 2 aromatic rings. The predicted molar refractivity (Wildman–Crippen MR) is 75.4 cm³/mol. The molecule has 1 amide bonds. The Kier molecular flexibility index (Phi) is 3.94. The van der Waals surface area contributed by atoms with Crippen LogP contribution >= 0.6 is 0 Å². The number of aliphatic hydroxyl groups is 1. The van der Waals surface area contributed by atoms with Crippen LogP contribution in [-0.2, 0) is 6.54 Å². The number of pyridine rings is 1. The Morgan fingerprint density at radius 2 is 2.33 bits per heavy atom. The average molecular weight is 287 g/mol. The Labute approximate surface area is 122 Å². The summed E-state index contributed by atoms with van der Waals surface area (Å²) >= 11 is 0. The largest absolute Gasteiger partial charge is 0.390 e. The lowest BCUT2D eigenvalue weighted by atomic mass is 10.2. The van der Waals surface area contributed by atoms with Crippen LogP contribution in [0.2, 0.25) is 0 Å². The van der Waals surface area contributed by atoms with E-state index < -0.39 is 6.10 Å². The van der Waals surface area contributed by atoms with Gasteiger partial charge in [-0.1, -0.05) is 6.07 Å². The average Bonchev–Trinajstić information content (AvgIpc) is 3.11. The SMILES string of the molecule is O=C(N[C@@H]1CN(Cc2cccnc2)C[C@H]1O)c1ccn[nH]1. The summed E-state index contributed by atoms with van der Waals surface area (Å²) in [6.45, 7) is 1.85. The van der Waals surface area contributed by atoms with Crippen LogP contribution in [0.4, 0.5) is 0 Å². The third kappa shape index (κ3) is 3.26. The van der Waals surface area contributed by atoms with Crippen molar-refractivity contribution in [2.24, 2.45) is 0 Å². The van der Waals surface area contributed by atoms with Crippen molar-refractivity contribution in [3.8, 4) is 0 Å². The van der Waals surface area contributed by atoms with E-state index in [9.17, 15) is 9.90 Å². The van der Waals surface area contributed by atoms with Gasteiger partial charge in [0.1, 0.15) is 5.69 Å². The fourth-order valence-electron chi connectivity index (χ4n) is 2.52. The van der Waals surface area contributed by atoms with Crippen molar-refractivity contribution in [2.45, 2.75) is 18.7 Å². The highest BCUT2D eigenvalue weighted by Gasteiger charge is 2.32. The van der Waals surface area contributed by atoms with Crippen LogP contribution in [0, 0.1) is 0 Å². The predicted octanol–water partition coefficient (Wildman–Crippen LogP) is -0.220. The number of rotatable bonds is 4. The Morgan fingerprint density at radius 3 is 3.05 bits per heavy atom. The standard InChI is InChI=1S/C14H17N5O2/c20-13-9-19(7-10-2-1-4-15-6-10)8-12(13)17-14(21)11-3-5-16-18-11/h1-6,12-13,20H,7-9H2,(H,16,18)(H,17,21)/t12-,13-/m1/s1. The third-order valence-corrected chi connectivity index (χ3v) is 3.56. The number of aliphatic hydroxyl groups excluding tert-OH is 1. The smallest absolute Gasteiger partial charge is 0.269 e. The van der Waals surface area contributed by atoms with Gasteiger partial charge < -0.3 is 10.4 Å². The summed E-state index contributed by atoms with van der Waals surface area (Å²) < 4.78 is 0. The molecular formula is C14H17N5O2. The molecule has 0 radical (unpaired) electrons. The summed E-state index contributed by atoms with van der Waals surface area (Å²) in [5.41, 5.74) is 1.48. The third-order valence-electron chi connectivity index (χ3n) is 3.56. The molecule has 1 saturated heterocycles. The lowest BCUT2D eigenvalue weighted by Gasteiger charge is -2.16. The number of nitrogens with zero attached hydrogens (tertiary/aromatic N) is 3. The van der Waals surface area contributed by atoms with Gasteiger partial charge in [0.2, 0.25) is 0 Å². The zero-order valence-corrected chi connectivity index (χ0v) is 11.4. The van der Waals surface area contributed by atoms with Crippen LogP contribution in [0.25, 0.3) is 0 Å². The number of β-amino-alcohol motifs (C(OH)–C–C–N with tert-alkyl or cyclic N) is 1. The molecular weight excluding hydrogens is 270 g/mol. The monoisotopic (exact) mass is 287 g/mol. The van der Waals surface area contributed by atoms with E-state index in [1.54, 1.807) is 12.3 Å². The second kappa shape index (κ2) is 6.02. The molecule has 3 heterocycles. The van der Waals surface area contributed by atoms with Crippen molar-refractivity contribution in [2.75, 3.05) is 13.1 Å². The number of carbonyl (C=O) groups is 1. The Bertz CT molecular complexity index is 587. The maximum absolute atomic E-state index is 12.0. The quantitative estimate of drug-likeness (QED) is 0.723. The van der Waals surface area contributed by atoms with Crippen molar-refractivity contribution in [1.82, 2.24) is 25.4 Å². The van der Waals surface area contributed by atoms with Crippen molar-refractivity contribution in [1.29, 1.82) is 0 Å². The zero-order chi connectivity index (χ0) is 14.7. The number of amides is 1. The lowest BCUT2D eigenvalue weighted by molar-refractivity contribution is 0.0883. The van der Waals surface area contributed by atoms with E-state index in [-0.39, 0.29) is 11.9 Å². The van der Waals surface area contributed by atoms with E-state index in [1.807, 2.05) is 18.3 Å². The highest BCUT2D eigenvalue weighted by atomic mass is 16.3. The highest BCUT2D eigenvalue weighted by molar-refractivity contribution is 5.92. The molecule has 110 valence electrons. The van der Waals surface area contributed by atoms with E-state index in [4.69, 9.17) is 0 Å². The number of nitrogens with one attached hydrogen (secondary N) is 2. The molecule has 7 heteroatoms.